The summed E-state index contributed by atoms with van der Waals surface area (Å²) < 4.78 is 0. The van der Waals surface area contributed by atoms with E-state index in [-0.39, 0.29) is 0 Å². The summed E-state index contributed by atoms with van der Waals surface area (Å²) in [6.45, 7) is 0.689. The number of hydrogen-bond acceptors (Lipinski definition) is 3. The van der Waals surface area contributed by atoms with Gasteiger partial charge in [0, 0.05) is 23.6 Å². The summed E-state index contributed by atoms with van der Waals surface area (Å²) in [6, 6.07) is 9.48. The van der Waals surface area contributed by atoms with Crippen molar-refractivity contribution in [2.75, 3.05) is 5.32 Å². The summed E-state index contributed by atoms with van der Waals surface area (Å²) in [7, 11) is 0. The third kappa shape index (κ3) is 3.37. The molecule has 2 aromatic rings. The van der Waals surface area contributed by atoms with Crippen LogP contribution in [0.15, 0.2) is 30.3 Å². The highest BCUT2D eigenvalue weighted by Gasteiger charge is 2.27. The highest BCUT2D eigenvalue weighted by atomic mass is 35.5. The third-order valence-corrected chi connectivity index (χ3v) is 3.49. The molecule has 1 aromatic carbocycles. The van der Waals surface area contributed by atoms with E-state index in [2.05, 4.69) is 15.3 Å². The van der Waals surface area contributed by atoms with Gasteiger partial charge in [0.15, 0.2) is 0 Å². The standard InChI is InChI=1S/C14H13Cl2N3/c15-11-5-1-9(2-6-11)8-17-13-7-12(16)18-14(19-13)10-3-4-10/h1-2,5-7,10H,3-4,8H2,(H,17,18,19). The quantitative estimate of drug-likeness (QED) is 0.856. The molecule has 0 bridgehead atoms. The van der Waals surface area contributed by atoms with E-state index in [4.69, 9.17) is 23.2 Å². The number of benzene rings is 1. The zero-order chi connectivity index (χ0) is 13.2. The predicted octanol–water partition coefficient (Wildman–Crippen LogP) is 4.27. The van der Waals surface area contributed by atoms with Crippen LogP contribution in [0.5, 0.6) is 0 Å². The summed E-state index contributed by atoms with van der Waals surface area (Å²) >= 11 is 11.9. The number of halogens is 2. The molecule has 0 amide bonds. The predicted molar refractivity (Wildman–Crippen MR) is 77.8 cm³/mol. The van der Waals surface area contributed by atoms with Crippen LogP contribution in [0.2, 0.25) is 10.2 Å². The minimum absolute atomic E-state index is 0.495. The molecule has 1 aliphatic rings. The smallest absolute Gasteiger partial charge is 0.135 e. The van der Waals surface area contributed by atoms with Gasteiger partial charge >= 0.3 is 0 Å². The summed E-state index contributed by atoms with van der Waals surface area (Å²) in [5.41, 5.74) is 1.15. The van der Waals surface area contributed by atoms with Crippen LogP contribution in [-0.4, -0.2) is 9.97 Å². The first-order chi connectivity index (χ1) is 9.20. The number of nitrogens with one attached hydrogen (secondary N) is 1. The van der Waals surface area contributed by atoms with Gasteiger partial charge in [0.05, 0.1) is 0 Å². The number of nitrogens with zero attached hydrogens (tertiary/aromatic N) is 2. The zero-order valence-corrected chi connectivity index (χ0v) is 11.7. The molecule has 0 aliphatic heterocycles. The fourth-order valence-corrected chi connectivity index (χ4v) is 2.16. The lowest BCUT2D eigenvalue weighted by molar-refractivity contribution is 0.921. The molecule has 0 spiro atoms. The normalized spacial score (nSPS) is 14.4. The van der Waals surface area contributed by atoms with E-state index in [1.165, 1.54) is 0 Å². The maximum atomic E-state index is 6.02. The first-order valence-electron chi connectivity index (χ1n) is 6.23. The van der Waals surface area contributed by atoms with E-state index in [0.717, 1.165) is 35.1 Å². The number of aromatic nitrogens is 2. The Morgan fingerprint density at radius 3 is 2.53 bits per heavy atom. The zero-order valence-electron chi connectivity index (χ0n) is 10.2. The molecule has 1 aromatic heterocycles. The Balaban J connectivity index is 1.70. The Morgan fingerprint density at radius 2 is 1.84 bits per heavy atom. The van der Waals surface area contributed by atoms with Crippen molar-refractivity contribution in [2.45, 2.75) is 25.3 Å². The van der Waals surface area contributed by atoms with Crippen LogP contribution in [0.1, 0.15) is 30.1 Å². The van der Waals surface area contributed by atoms with E-state index in [9.17, 15) is 0 Å². The lowest BCUT2D eigenvalue weighted by atomic mass is 10.2. The summed E-state index contributed by atoms with van der Waals surface area (Å²) in [4.78, 5) is 8.75. The minimum Gasteiger partial charge on any atom is -0.366 e. The van der Waals surface area contributed by atoms with Crippen molar-refractivity contribution in [1.82, 2.24) is 9.97 Å². The Bertz CT molecular complexity index is 580. The molecule has 3 nitrogen and oxygen atoms in total. The van der Waals surface area contributed by atoms with Gasteiger partial charge in [0.1, 0.15) is 16.8 Å². The molecule has 0 atom stereocenters. The van der Waals surface area contributed by atoms with Crippen molar-refractivity contribution in [3.63, 3.8) is 0 Å². The van der Waals surface area contributed by atoms with Gasteiger partial charge in [-0.1, -0.05) is 35.3 Å². The molecule has 5 heteroatoms. The van der Waals surface area contributed by atoms with E-state index < -0.39 is 0 Å². The second-order valence-corrected chi connectivity index (χ2v) is 5.51. The largest absolute Gasteiger partial charge is 0.366 e. The summed E-state index contributed by atoms with van der Waals surface area (Å²) in [6.07, 6.45) is 2.33. The fraction of sp³-hybridized carbons (Fsp3) is 0.286. The van der Waals surface area contributed by atoms with E-state index in [1.807, 2.05) is 24.3 Å². The third-order valence-electron chi connectivity index (χ3n) is 3.04. The molecule has 19 heavy (non-hydrogen) atoms. The summed E-state index contributed by atoms with van der Waals surface area (Å²) in [5, 5.41) is 4.50. The lowest BCUT2D eigenvalue weighted by Crippen LogP contribution is -2.04. The van der Waals surface area contributed by atoms with E-state index in [1.54, 1.807) is 6.07 Å². The van der Waals surface area contributed by atoms with Crippen molar-refractivity contribution in [3.05, 3.63) is 51.9 Å². The van der Waals surface area contributed by atoms with E-state index >= 15 is 0 Å². The number of rotatable bonds is 4. The minimum atomic E-state index is 0.495. The summed E-state index contributed by atoms with van der Waals surface area (Å²) in [5.74, 6) is 2.12. The van der Waals surface area contributed by atoms with Gasteiger partial charge in [-0.15, -0.1) is 0 Å². The molecule has 1 saturated carbocycles. The van der Waals surface area contributed by atoms with Gasteiger partial charge in [-0.2, -0.15) is 0 Å². The average Bonchev–Trinajstić information content (AvgIpc) is 3.22. The molecule has 98 valence electrons. The molecule has 1 fully saturated rings. The Morgan fingerprint density at radius 1 is 1.11 bits per heavy atom. The van der Waals surface area contributed by atoms with Crippen molar-refractivity contribution in [2.24, 2.45) is 0 Å². The first-order valence-corrected chi connectivity index (χ1v) is 6.99. The van der Waals surface area contributed by atoms with Gasteiger partial charge in [0.2, 0.25) is 0 Å². The van der Waals surface area contributed by atoms with Crippen LogP contribution in [-0.2, 0) is 6.54 Å². The second-order valence-electron chi connectivity index (χ2n) is 4.69. The topological polar surface area (TPSA) is 37.8 Å². The number of anilines is 1. The highest BCUT2D eigenvalue weighted by molar-refractivity contribution is 6.30. The monoisotopic (exact) mass is 293 g/mol. The highest BCUT2D eigenvalue weighted by Crippen LogP contribution is 2.38. The van der Waals surface area contributed by atoms with Crippen LogP contribution in [0, 0.1) is 0 Å². The van der Waals surface area contributed by atoms with Crippen molar-refractivity contribution < 1.29 is 0 Å². The molecule has 1 N–H and O–H groups in total. The van der Waals surface area contributed by atoms with Crippen LogP contribution < -0.4 is 5.32 Å². The lowest BCUT2D eigenvalue weighted by Gasteiger charge is -2.07. The first kappa shape index (κ1) is 12.7. The Hall–Kier alpha value is -1.32. The second kappa shape index (κ2) is 5.35. The molecule has 0 unspecified atom stereocenters. The molecule has 3 rings (SSSR count). The molecular formula is C14H13Cl2N3. The fourth-order valence-electron chi connectivity index (χ4n) is 1.84. The average molecular weight is 294 g/mol. The van der Waals surface area contributed by atoms with Gasteiger partial charge in [0.25, 0.3) is 0 Å². The van der Waals surface area contributed by atoms with Crippen LogP contribution in [0.4, 0.5) is 5.82 Å². The Labute approximate surface area is 122 Å². The Kier molecular flexibility index (Phi) is 3.58. The van der Waals surface area contributed by atoms with E-state index in [0.29, 0.717) is 17.6 Å². The van der Waals surface area contributed by atoms with Crippen molar-refractivity contribution >= 4 is 29.0 Å². The maximum absolute atomic E-state index is 6.02. The van der Waals surface area contributed by atoms with Gasteiger partial charge in [-0.05, 0) is 30.5 Å². The molecule has 1 heterocycles. The van der Waals surface area contributed by atoms with Crippen LogP contribution in [0.25, 0.3) is 0 Å². The van der Waals surface area contributed by atoms with Gasteiger partial charge < -0.3 is 5.32 Å². The maximum Gasteiger partial charge on any atom is 0.135 e. The molecule has 1 aliphatic carbocycles. The SMILES string of the molecule is Clc1ccc(CNc2cc(Cl)nc(C3CC3)n2)cc1. The molecule has 0 radical (unpaired) electrons. The van der Waals surface area contributed by atoms with Gasteiger partial charge in [-0.25, -0.2) is 9.97 Å². The van der Waals surface area contributed by atoms with Crippen molar-refractivity contribution in [3.8, 4) is 0 Å². The van der Waals surface area contributed by atoms with Gasteiger partial charge in [-0.3, -0.25) is 0 Å². The number of hydrogen-bond donors (Lipinski definition) is 1. The van der Waals surface area contributed by atoms with Crippen molar-refractivity contribution in [1.29, 1.82) is 0 Å². The van der Waals surface area contributed by atoms with Crippen LogP contribution in [0.3, 0.4) is 0 Å². The molecular weight excluding hydrogens is 281 g/mol. The molecule has 0 saturated heterocycles. The van der Waals surface area contributed by atoms with Crippen LogP contribution >= 0.6 is 23.2 Å².